The van der Waals surface area contributed by atoms with Crippen molar-refractivity contribution in [1.29, 1.82) is 0 Å². The Bertz CT molecular complexity index is 269. The minimum atomic E-state index is 0.0676. The zero-order chi connectivity index (χ0) is 9.84. The van der Waals surface area contributed by atoms with Gasteiger partial charge in [-0.2, -0.15) is 0 Å². The van der Waals surface area contributed by atoms with Crippen molar-refractivity contribution in [3.05, 3.63) is 36.5 Å². The molecule has 1 rings (SSSR count). The first-order chi connectivity index (χ1) is 6.13. The molecule has 0 aliphatic heterocycles. The Morgan fingerprint density at radius 2 is 2.23 bits per heavy atom. The van der Waals surface area contributed by atoms with Crippen LogP contribution in [0.4, 0.5) is 0 Å². The summed E-state index contributed by atoms with van der Waals surface area (Å²) in [5.74, 6) is 0.847. The van der Waals surface area contributed by atoms with Crippen molar-refractivity contribution >= 4 is 5.78 Å². The molecule has 1 aliphatic carbocycles. The van der Waals surface area contributed by atoms with Crippen LogP contribution in [-0.4, -0.2) is 5.78 Å². The normalized spacial score (nSPS) is 21.9. The van der Waals surface area contributed by atoms with Crippen molar-refractivity contribution in [2.24, 2.45) is 11.8 Å². The lowest BCUT2D eigenvalue weighted by Crippen LogP contribution is -2.15. The van der Waals surface area contributed by atoms with Crippen molar-refractivity contribution in [1.82, 2.24) is 0 Å². The molecule has 0 spiro atoms. The smallest absolute Gasteiger partial charge is 0.162 e. The molecule has 1 unspecified atom stereocenters. The molecule has 1 nitrogen and oxygen atoms in total. The van der Waals surface area contributed by atoms with Crippen LogP contribution in [0.25, 0.3) is 0 Å². The fourth-order valence-corrected chi connectivity index (χ4v) is 1.50. The lowest BCUT2D eigenvalue weighted by atomic mass is 9.88. The van der Waals surface area contributed by atoms with Crippen molar-refractivity contribution in [3.63, 3.8) is 0 Å². The van der Waals surface area contributed by atoms with Crippen LogP contribution in [0.5, 0.6) is 0 Å². The lowest BCUT2D eigenvalue weighted by molar-refractivity contribution is -0.117. The van der Waals surface area contributed by atoms with Gasteiger partial charge in [0.25, 0.3) is 0 Å². The molecule has 0 amide bonds. The fourth-order valence-electron chi connectivity index (χ4n) is 1.50. The number of carbonyl (C=O) groups is 1. The van der Waals surface area contributed by atoms with Crippen LogP contribution >= 0.6 is 0 Å². The maximum absolute atomic E-state index is 11.4. The summed E-state index contributed by atoms with van der Waals surface area (Å²) in [6.07, 6.45) is 8.21. The molecule has 0 N–H and O–H groups in total. The molecule has 13 heavy (non-hydrogen) atoms. The summed E-state index contributed by atoms with van der Waals surface area (Å²) in [4.78, 5) is 11.4. The maximum Gasteiger partial charge on any atom is 0.162 e. The second-order valence-corrected chi connectivity index (χ2v) is 3.84. The van der Waals surface area contributed by atoms with E-state index >= 15 is 0 Å². The molecular weight excluding hydrogens is 160 g/mol. The van der Waals surface area contributed by atoms with E-state index < -0.39 is 0 Å². The van der Waals surface area contributed by atoms with Crippen LogP contribution in [0, 0.1) is 11.8 Å². The Labute approximate surface area is 79.8 Å². The van der Waals surface area contributed by atoms with Gasteiger partial charge in [0.15, 0.2) is 5.78 Å². The Morgan fingerprint density at radius 3 is 2.77 bits per heavy atom. The third-order valence-electron chi connectivity index (χ3n) is 2.16. The van der Waals surface area contributed by atoms with Gasteiger partial charge in [-0.15, -0.1) is 0 Å². The van der Waals surface area contributed by atoms with Crippen molar-refractivity contribution < 1.29 is 4.79 Å². The van der Waals surface area contributed by atoms with Crippen molar-refractivity contribution in [2.45, 2.75) is 20.3 Å². The molecule has 0 aromatic heterocycles. The van der Waals surface area contributed by atoms with E-state index in [4.69, 9.17) is 0 Å². The van der Waals surface area contributed by atoms with Gasteiger partial charge in [-0.05, 0) is 24.0 Å². The SMILES string of the molecule is C=CC1=CC(CC(C)C)C(=O)C=C1. The molecule has 1 aliphatic rings. The number of hydrogen-bond donors (Lipinski definition) is 0. The van der Waals surface area contributed by atoms with Gasteiger partial charge in [-0.1, -0.05) is 38.7 Å². The minimum Gasteiger partial charge on any atom is -0.294 e. The summed E-state index contributed by atoms with van der Waals surface area (Å²) in [5.41, 5.74) is 1.06. The average molecular weight is 176 g/mol. The molecule has 0 saturated carbocycles. The van der Waals surface area contributed by atoms with Gasteiger partial charge in [-0.3, -0.25) is 4.79 Å². The molecule has 0 heterocycles. The molecule has 0 radical (unpaired) electrons. The van der Waals surface area contributed by atoms with Crippen molar-refractivity contribution in [3.8, 4) is 0 Å². The second-order valence-electron chi connectivity index (χ2n) is 3.84. The van der Waals surface area contributed by atoms with Crippen LogP contribution in [0.1, 0.15) is 20.3 Å². The van der Waals surface area contributed by atoms with Crippen LogP contribution in [0.15, 0.2) is 36.5 Å². The van der Waals surface area contributed by atoms with E-state index in [2.05, 4.69) is 20.4 Å². The number of allylic oxidation sites excluding steroid dienone is 5. The Hall–Kier alpha value is -1.11. The third kappa shape index (κ3) is 2.69. The van der Waals surface area contributed by atoms with Crippen LogP contribution < -0.4 is 0 Å². The molecule has 70 valence electrons. The predicted octanol–water partition coefficient (Wildman–Crippen LogP) is 2.90. The maximum atomic E-state index is 11.4. The zero-order valence-corrected chi connectivity index (χ0v) is 8.29. The average Bonchev–Trinajstić information content (AvgIpc) is 2.08. The van der Waals surface area contributed by atoms with Gasteiger partial charge in [-0.25, -0.2) is 0 Å². The second kappa shape index (κ2) is 4.22. The van der Waals surface area contributed by atoms with E-state index in [1.54, 1.807) is 12.2 Å². The van der Waals surface area contributed by atoms with Gasteiger partial charge in [0.2, 0.25) is 0 Å². The molecule has 0 saturated heterocycles. The lowest BCUT2D eigenvalue weighted by Gasteiger charge is -2.15. The highest BCUT2D eigenvalue weighted by Crippen LogP contribution is 2.21. The number of hydrogen-bond acceptors (Lipinski definition) is 1. The first kappa shape index (κ1) is 9.97. The van der Waals surface area contributed by atoms with E-state index in [0.717, 1.165) is 12.0 Å². The summed E-state index contributed by atoms with van der Waals surface area (Å²) in [6, 6.07) is 0. The summed E-state index contributed by atoms with van der Waals surface area (Å²) < 4.78 is 0. The van der Waals surface area contributed by atoms with Gasteiger partial charge in [0.1, 0.15) is 0 Å². The Morgan fingerprint density at radius 1 is 1.54 bits per heavy atom. The van der Waals surface area contributed by atoms with Crippen molar-refractivity contribution in [2.75, 3.05) is 0 Å². The number of carbonyl (C=O) groups excluding carboxylic acids is 1. The standard InChI is InChI=1S/C12H16O/c1-4-10-5-6-12(13)11(8-10)7-9(2)3/h4-6,8-9,11H,1,7H2,2-3H3. The van der Waals surface area contributed by atoms with Gasteiger partial charge in [0, 0.05) is 5.92 Å². The highest BCUT2D eigenvalue weighted by atomic mass is 16.1. The first-order valence-electron chi connectivity index (χ1n) is 4.69. The highest BCUT2D eigenvalue weighted by Gasteiger charge is 2.17. The minimum absolute atomic E-state index is 0.0676. The molecule has 0 aromatic carbocycles. The molecule has 0 fully saturated rings. The van der Waals surface area contributed by atoms with Gasteiger partial charge < -0.3 is 0 Å². The molecule has 0 aromatic rings. The fraction of sp³-hybridized carbons (Fsp3) is 0.417. The van der Waals surface area contributed by atoms with E-state index in [1.807, 2.05) is 12.2 Å². The molecule has 1 atom stereocenters. The van der Waals surface area contributed by atoms with E-state index in [-0.39, 0.29) is 11.7 Å². The summed E-state index contributed by atoms with van der Waals surface area (Å²) >= 11 is 0. The third-order valence-corrected chi connectivity index (χ3v) is 2.16. The van der Waals surface area contributed by atoms with Crippen LogP contribution in [-0.2, 0) is 4.79 Å². The topological polar surface area (TPSA) is 17.1 Å². The van der Waals surface area contributed by atoms with Crippen LogP contribution in [0.3, 0.4) is 0 Å². The summed E-state index contributed by atoms with van der Waals surface area (Å²) in [5, 5.41) is 0. The molecule has 1 heteroatoms. The van der Waals surface area contributed by atoms with E-state index in [1.165, 1.54) is 0 Å². The van der Waals surface area contributed by atoms with E-state index in [9.17, 15) is 4.79 Å². The van der Waals surface area contributed by atoms with Gasteiger partial charge >= 0.3 is 0 Å². The predicted molar refractivity (Wildman–Crippen MR) is 55.4 cm³/mol. The summed E-state index contributed by atoms with van der Waals surface area (Å²) in [7, 11) is 0. The monoisotopic (exact) mass is 176 g/mol. The Balaban J connectivity index is 2.73. The number of ketones is 1. The van der Waals surface area contributed by atoms with Crippen LogP contribution in [0.2, 0.25) is 0 Å². The molecule has 0 bridgehead atoms. The highest BCUT2D eigenvalue weighted by molar-refractivity contribution is 5.95. The van der Waals surface area contributed by atoms with Gasteiger partial charge in [0.05, 0.1) is 0 Å². The summed E-state index contributed by atoms with van der Waals surface area (Å²) in [6.45, 7) is 7.96. The largest absolute Gasteiger partial charge is 0.294 e. The molecular formula is C12H16O. The quantitative estimate of drug-likeness (QED) is 0.646. The Kier molecular flexibility index (Phi) is 3.24. The number of rotatable bonds is 3. The van der Waals surface area contributed by atoms with E-state index in [0.29, 0.717) is 5.92 Å². The zero-order valence-electron chi connectivity index (χ0n) is 8.29. The first-order valence-corrected chi connectivity index (χ1v) is 4.69.